The van der Waals surface area contributed by atoms with E-state index in [2.05, 4.69) is 12.2 Å². The molecule has 1 aromatic carbocycles. The normalized spacial score (nSPS) is 31.9. The Labute approximate surface area is 202 Å². The average molecular weight is 499 g/mol. The molecule has 4 aliphatic rings. The van der Waals surface area contributed by atoms with E-state index in [0.717, 1.165) is 50.9 Å². The minimum absolute atomic E-state index is 0.00652. The van der Waals surface area contributed by atoms with Crippen LogP contribution in [0.3, 0.4) is 0 Å². The van der Waals surface area contributed by atoms with Crippen LogP contribution in [0.1, 0.15) is 55.7 Å². The molecule has 34 heavy (non-hydrogen) atoms. The highest BCUT2D eigenvalue weighted by atomic mass is 32.2. The van der Waals surface area contributed by atoms with Gasteiger partial charge in [-0.05, 0) is 67.7 Å². The molecule has 3 fully saturated rings. The second-order valence-corrected chi connectivity index (χ2v) is 11.5. The van der Waals surface area contributed by atoms with E-state index in [1.807, 2.05) is 4.90 Å². The third kappa shape index (κ3) is 4.27. The summed E-state index contributed by atoms with van der Waals surface area (Å²) in [5.74, 6) is 0.613. The molecule has 1 amide bonds. The molecule has 1 spiro atoms. The van der Waals surface area contributed by atoms with Crippen molar-refractivity contribution in [2.24, 2.45) is 11.3 Å². The molecule has 3 aliphatic heterocycles. The Balaban J connectivity index is 1.39. The molecule has 1 aromatic rings. The fourth-order valence-electron chi connectivity index (χ4n) is 6.69. The summed E-state index contributed by atoms with van der Waals surface area (Å²) in [6.07, 6.45) is 0.702. The van der Waals surface area contributed by atoms with E-state index >= 15 is 0 Å². The number of alkyl halides is 3. The second-order valence-electron chi connectivity index (χ2n) is 10.3. The molecule has 0 aromatic heterocycles. The number of rotatable bonds is 5. The third-order valence-electron chi connectivity index (χ3n) is 8.51. The van der Waals surface area contributed by atoms with E-state index in [4.69, 9.17) is 4.74 Å². The van der Waals surface area contributed by atoms with E-state index < -0.39 is 17.2 Å². The summed E-state index contributed by atoms with van der Waals surface area (Å²) in [5, 5.41) is 13.0. The number of thioether (sulfide) groups is 1. The van der Waals surface area contributed by atoms with Crippen molar-refractivity contribution in [1.82, 2.24) is 10.2 Å². The predicted octanol–water partition coefficient (Wildman–Crippen LogP) is 4.00. The largest absolute Gasteiger partial charge is 0.416 e. The Morgan fingerprint density at radius 3 is 2.71 bits per heavy atom. The number of hydrogen-bond donors (Lipinski definition) is 2. The minimum Gasteiger partial charge on any atom is -0.396 e. The van der Waals surface area contributed by atoms with Gasteiger partial charge >= 0.3 is 6.18 Å². The molecule has 5 rings (SSSR count). The number of hydrogen-bond acceptors (Lipinski definition) is 5. The maximum atomic E-state index is 13.8. The summed E-state index contributed by atoms with van der Waals surface area (Å²) in [6, 6.07) is 3.18. The van der Waals surface area contributed by atoms with Gasteiger partial charge in [0.05, 0.1) is 17.6 Å². The van der Waals surface area contributed by atoms with Crippen LogP contribution in [0.4, 0.5) is 13.2 Å². The summed E-state index contributed by atoms with van der Waals surface area (Å²) in [6.45, 7) is 3.85. The number of aliphatic hydroxyl groups is 1. The quantitative estimate of drug-likeness (QED) is 0.601. The van der Waals surface area contributed by atoms with Crippen molar-refractivity contribution in [3.8, 4) is 0 Å². The summed E-state index contributed by atoms with van der Waals surface area (Å²) >= 11 is 1.27. The van der Waals surface area contributed by atoms with Gasteiger partial charge in [0.2, 0.25) is 5.91 Å². The molecule has 0 bridgehead atoms. The first-order valence-electron chi connectivity index (χ1n) is 12.3. The zero-order valence-corrected chi connectivity index (χ0v) is 20.3. The van der Waals surface area contributed by atoms with Crippen LogP contribution < -0.4 is 5.32 Å². The lowest BCUT2D eigenvalue weighted by molar-refractivity contribution is -0.138. The van der Waals surface area contributed by atoms with Crippen molar-refractivity contribution in [1.29, 1.82) is 0 Å². The number of carbonyl (C=O) groups excluding carboxylic acids is 1. The molecule has 9 heteroatoms. The zero-order chi connectivity index (χ0) is 24.1. The number of carbonyl (C=O) groups is 1. The SMILES string of the molecule is CC1C2Cc3c(cc(C(F)(F)F)cc3SCCO)CN2C(=O)[C@]12CC[C@@H](NC1CCOCC1)C2. The number of halogens is 3. The first-order chi connectivity index (χ1) is 16.2. The highest BCUT2D eigenvalue weighted by molar-refractivity contribution is 7.99. The monoisotopic (exact) mass is 498 g/mol. The van der Waals surface area contributed by atoms with Crippen LogP contribution in [0.2, 0.25) is 0 Å². The van der Waals surface area contributed by atoms with Gasteiger partial charge < -0.3 is 20.1 Å². The van der Waals surface area contributed by atoms with Crippen molar-refractivity contribution in [2.45, 2.75) is 81.2 Å². The topological polar surface area (TPSA) is 61.8 Å². The molecular weight excluding hydrogens is 465 g/mol. The molecule has 2 N–H and O–H groups in total. The Morgan fingerprint density at radius 1 is 1.24 bits per heavy atom. The van der Waals surface area contributed by atoms with Gasteiger partial charge in [0.1, 0.15) is 0 Å². The van der Waals surface area contributed by atoms with Crippen LogP contribution in [0.15, 0.2) is 17.0 Å². The standard InChI is InChI=1S/C25H33F3N2O3S/c1-15-21-12-20-16(10-17(25(26,27)28)11-22(20)34-9-6-31)14-30(21)23(32)24(15)5-2-19(13-24)29-18-3-7-33-8-4-18/h10-11,15,18-19,21,29,31H,2-9,12-14H2,1H3/t15?,19-,21?,24+/m1/s1. The Bertz CT molecular complexity index is 937. The van der Waals surface area contributed by atoms with E-state index in [0.29, 0.717) is 34.7 Å². The summed E-state index contributed by atoms with van der Waals surface area (Å²) < 4.78 is 46.2. The van der Waals surface area contributed by atoms with Gasteiger partial charge in [-0.15, -0.1) is 11.8 Å². The molecule has 188 valence electrons. The van der Waals surface area contributed by atoms with Crippen molar-refractivity contribution in [3.63, 3.8) is 0 Å². The van der Waals surface area contributed by atoms with E-state index in [9.17, 15) is 23.1 Å². The smallest absolute Gasteiger partial charge is 0.396 e. The lowest BCUT2D eigenvalue weighted by Gasteiger charge is -2.35. The first kappa shape index (κ1) is 24.4. The van der Waals surface area contributed by atoms with Gasteiger partial charge in [0, 0.05) is 48.5 Å². The Kier molecular flexibility index (Phi) is 6.68. The Hall–Kier alpha value is -1.29. The van der Waals surface area contributed by atoms with Crippen LogP contribution in [-0.2, 0) is 28.7 Å². The van der Waals surface area contributed by atoms with Gasteiger partial charge in [-0.3, -0.25) is 4.79 Å². The highest BCUT2D eigenvalue weighted by Gasteiger charge is 2.60. The minimum atomic E-state index is -4.45. The van der Waals surface area contributed by atoms with Crippen LogP contribution in [0.5, 0.6) is 0 Å². The van der Waals surface area contributed by atoms with E-state index in [1.165, 1.54) is 23.9 Å². The fourth-order valence-corrected chi connectivity index (χ4v) is 7.60. The van der Waals surface area contributed by atoms with E-state index in [-0.39, 0.29) is 31.0 Å². The lowest BCUT2D eigenvalue weighted by atomic mass is 9.73. The van der Waals surface area contributed by atoms with Crippen molar-refractivity contribution < 1.29 is 27.8 Å². The molecule has 5 nitrogen and oxygen atoms in total. The summed E-state index contributed by atoms with van der Waals surface area (Å²) in [4.78, 5) is 16.2. The maximum Gasteiger partial charge on any atom is 0.416 e. The summed E-state index contributed by atoms with van der Waals surface area (Å²) in [7, 11) is 0. The van der Waals surface area contributed by atoms with Crippen LogP contribution in [0, 0.1) is 11.3 Å². The highest BCUT2D eigenvalue weighted by Crippen LogP contribution is 2.55. The average Bonchev–Trinajstić information content (AvgIpc) is 3.32. The summed E-state index contributed by atoms with van der Waals surface area (Å²) in [5.41, 5.74) is 0.403. The number of ether oxygens (including phenoxy) is 1. The van der Waals surface area contributed by atoms with Crippen molar-refractivity contribution >= 4 is 17.7 Å². The molecule has 2 unspecified atom stereocenters. The molecule has 3 heterocycles. The van der Waals surface area contributed by atoms with Gasteiger partial charge in [-0.1, -0.05) is 6.92 Å². The van der Waals surface area contributed by atoms with Gasteiger partial charge in [0.15, 0.2) is 0 Å². The van der Waals surface area contributed by atoms with Gasteiger partial charge in [-0.25, -0.2) is 0 Å². The van der Waals surface area contributed by atoms with Crippen LogP contribution in [-0.4, -0.2) is 59.6 Å². The molecule has 4 atom stereocenters. The van der Waals surface area contributed by atoms with Gasteiger partial charge in [0.25, 0.3) is 0 Å². The number of amides is 1. The van der Waals surface area contributed by atoms with Crippen LogP contribution >= 0.6 is 11.8 Å². The molecular formula is C25H33F3N2O3S. The number of nitrogens with one attached hydrogen (secondary N) is 1. The molecule has 0 radical (unpaired) electrons. The van der Waals surface area contributed by atoms with Crippen molar-refractivity contribution in [3.05, 3.63) is 28.8 Å². The fraction of sp³-hybridized carbons (Fsp3) is 0.720. The van der Waals surface area contributed by atoms with E-state index in [1.54, 1.807) is 0 Å². The number of benzene rings is 1. The zero-order valence-electron chi connectivity index (χ0n) is 19.5. The van der Waals surface area contributed by atoms with Gasteiger partial charge in [-0.2, -0.15) is 13.2 Å². The predicted molar refractivity (Wildman–Crippen MR) is 124 cm³/mol. The third-order valence-corrected chi connectivity index (χ3v) is 9.57. The lowest BCUT2D eigenvalue weighted by Crippen LogP contribution is -2.42. The molecule has 1 aliphatic carbocycles. The number of nitrogens with zero attached hydrogens (tertiary/aromatic N) is 1. The number of aliphatic hydroxyl groups excluding tert-OH is 1. The maximum absolute atomic E-state index is 13.8. The molecule has 1 saturated carbocycles. The van der Waals surface area contributed by atoms with Crippen LogP contribution in [0.25, 0.3) is 0 Å². The second kappa shape index (κ2) is 9.30. The number of fused-ring (bicyclic) bond motifs is 2. The van der Waals surface area contributed by atoms with Crippen molar-refractivity contribution in [2.75, 3.05) is 25.6 Å². The molecule has 2 saturated heterocycles. The Morgan fingerprint density at radius 2 is 2.00 bits per heavy atom. The first-order valence-corrected chi connectivity index (χ1v) is 13.3.